The first-order chi connectivity index (χ1) is 14.5. The van der Waals surface area contributed by atoms with Gasteiger partial charge >= 0.3 is 11.8 Å². The number of nitrogens with zero attached hydrogens (tertiary/aromatic N) is 2. The van der Waals surface area contributed by atoms with Crippen molar-refractivity contribution in [2.45, 2.75) is 38.1 Å². The second-order valence-corrected chi connectivity index (χ2v) is 8.23. The van der Waals surface area contributed by atoms with Crippen molar-refractivity contribution in [2.24, 2.45) is 0 Å². The highest BCUT2D eigenvalue weighted by Gasteiger charge is 2.25. The number of carbonyl (C=O) groups excluding carboxylic acids is 2. The zero-order chi connectivity index (χ0) is 21.3. The summed E-state index contributed by atoms with van der Waals surface area (Å²) >= 11 is 0. The molecule has 0 aromatic heterocycles. The molecule has 0 radical (unpaired) electrons. The van der Waals surface area contributed by atoms with Crippen LogP contribution in [0.4, 0.5) is 4.39 Å². The van der Waals surface area contributed by atoms with E-state index in [4.69, 9.17) is 0 Å². The molecule has 30 heavy (non-hydrogen) atoms. The number of hydrogen-bond donors (Lipinski definition) is 2. The summed E-state index contributed by atoms with van der Waals surface area (Å²) in [6, 6.07) is 6.29. The normalized spacial score (nSPS) is 19.1. The lowest BCUT2D eigenvalue weighted by Gasteiger charge is -2.38. The van der Waals surface area contributed by atoms with E-state index < -0.39 is 11.8 Å². The maximum atomic E-state index is 13.4. The first-order valence-electron chi connectivity index (χ1n) is 10.9. The Labute approximate surface area is 178 Å². The Hall–Kier alpha value is -2.25. The molecule has 6 nitrogen and oxygen atoms in total. The van der Waals surface area contributed by atoms with Crippen molar-refractivity contribution < 1.29 is 14.0 Å². The molecule has 7 heteroatoms. The van der Waals surface area contributed by atoms with E-state index in [-0.39, 0.29) is 11.9 Å². The van der Waals surface area contributed by atoms with Crippen molar-refractivity contribution in [3.8, 4) is 0 Å². The summed E-state index contributed by atoms with van der Waals surface area (Å²) in [5.74, 6) is -1.50. The first kappa shape index (κ1) is 22.4. The highest BCUT2D eigenvalue weighted by atomic mass is 19.1. The molecule has 1 atom stereocenters. The maximum absolute atomic E-state index is 13.4. The second-order valence-electron chi connectivity index (χ2n) is 8.23. The summed E-state index contributed by atoms with van der Waals surface area (Å²) < 4.78 is 13.4. The molecule has 1 aromatic rings. The number of hydrogen-bond acceptors (Lipinski definition) is 4. The first-order valence-corrected chi connectivity index (χ1v) is 10.9. The van der Waals surface area contributed by atoms with Gasteiger partial charge in [-0.25, -0.2) is 4.39 Å². The van der Waals surface area contributed by atoms with E-state index in [0.29, 0.717) is 13.1 Å². The van der Waals surface area contributed by atoms with Gasteiger partial charge in [0.25, 0.3) is 0 Å². The number of allylic oxidation sites excluding steroid dienone is 1. The lowest BCUT2D eigenvalue weighted by molar-refractivity contribution is -0.139. The van der Waals surface area contributed by atoms with Gasteiger partial charge in [-0.15, -0.1) is 0 Å². The number of halogens is 1. The topological polar surface area (TPSA) is 64.7 Å². The van der Waals surface area contributed by atoms with Crippen molar-refractivity contribution in [2.75, 3.05) is 46.3 Å². The SMILES string of the molecule is CN1CCN(C(CNC(=O)C(=O)NCCC2=CCCCC2)c2ccc(F)cc2)CC1. The van der Waals surface area contributed by atoms with Gasteiger partial charge in [0.05, 0.1) is 6.04 Å². The average molecular weight is 417 g/mol. The van der Waals surface area contributed by atoms with E-state index in [2.05, 4.69) is 33.6 Å². The zero-order valence-corrected chi connectivity index (χ0v) is 17.8. The molecule has 1 saturated heterocycles. The van der Waals surface area contributed by atoms with Gasteiger partial charge < -0.3 is 15.5 Å². The van der Waals surface area contributed by atoms with E-state index in [1.165, 1.54) is 30.5 Å². The van der Waals surface area contributed by atoms with Crippen LogP contribution in [0.3, 0.4) is 0 Å². The Kier molecular flexibility index (Phi) is 8.39. The molecule has 1 heterocycles. The summed E-state index contributed by atoms with van der Waals surface area (Å²) in [5.41, 5.74) is 2.30. The van der Waals surface area contributed by atoms with Crippen LogP contribution in [-0.2, 0) is 9.59 Å². The highest BCUT2D eigenvalue weighted by Crippen LogP contribution is 2.22. The fraction of sp³-hybridized carbons (Fsp3) is 0.565. The summed E-state index contributed by atoms with van der Waals surface area (Å²) in [6.07, 6.45) is 7.70. The molecule has 3 rings (SSSR count). The lowest BCUT2D eigenvalue weighted by atomic mass is 9.97. The van der Waals surface area contributed by atoms with E-state index in [0.717, 1.165) is 51.0 Å². The molecule has 0 spiro atoms. The maximum Gasteiger partial charge on any atom is 0.309 e. The van der Waals surface area contributed by atoms with Crippen LogP contribution in [0.5, 0.6) is 0 Å². The minimum absolute atomic E-state index is 0.0940. The highest BCUT2D eigenvalue weighted by molar-refractivity contribution is 6.35. The van der Waals surface area contributed by atoms with Gasteiger partial charge in [-0.2, -0.15) is 0 Å². The van der Waals surface area contributed by atoms with Crippen LogP contribution < -0.4 is 10.6 Å². The Bertz CT molecular complexity index is 742. The Morgan fingerprint density at radius 3 is 2.40 bits per heavy atom. The molecule has 164 valence electrons. The van der Waals surface area contributed by atoms with E-state index >= 15 is 0 Å². The number of likely N-dealkylation sites (N-methyl/N-ethyl adjacent to an activating group) is 1. The predicted molar refractivity (Wildman–Crippen MR) is 115 cm³/mol. The van der Waals surface area contributed by atoms with Crippen molar-refractivity contribution >= 4 is 11.8 Å². The number of rotatable bonds is 7. The molecule has 0 bridgehead atoms. The monoisotopic (exact) mass is 416 g/mol. The third-order valence-electron chi connectivity index (χ3n) is 6.01. The third kappa shape index (κ3) is 6.64. The molecule has 1 aliphatic carbocycles. The number of piperazine rings is 1. The van der Waals surface area contributed by atoms with E-state index in [1.54, 1.807) is 12.1 Å². The molecular formula is C23H33FN4O2. The van der Waals surface area contributed by atoms with Gasteiger partial charge in [-0.1, -0.05) is 23.8 Å². The molecule has 1 aromatic carbocycles. The molecule has 2 aliphatic rings. The quantitative estimate of drug-likeness (QED) is 0.529. The smallest absolute Gasteiger partial charge is 0.309 e. The Morgan fingerprint density at radius 1 is 1.03 bits per heavy atom. The molecule has 2 N–H and O–H groups in total. The van der Waals surface area contributed by atoms with Crippen molar-refractivity contribution in [1.82, 2.24) is 20.4 Å². The number of carbonyl (C=O) groups is 2. The van der Waals surface area contributed by atoms with Gasteiger partial charge in [-0.3, -0.25) is 14.5 Å². The predicted octanol–water partition coefficient (Wildman–Crippen LogP) is 2.24. The summed E-state index contributed by atoms with van der Waals surface area (Å²) in [4.78, 5) is 29.0. The summed E-state index contributed by atoms with van der Waals surface area (Å²) in [7, 11) is 2.08. The van der Waals surface area contributed by atoms with Crippen LogP contribution in [-0.4, -0.2) is 67.9 Å². The second kappa shape index (κ2) is 11.2. The molecule has 1 aliphatic heterocycles. The molecular weight excluding hydrogens is 383 g/mol. The standard InChI is InChI=1S/C23H33FN4O2/c1-27-13-15-28(16-14-27)21(19-7-9-20(24)10-8-19)17-26-23(30)22(29)25-12-11-18-5-3-2-4-6-18/h5,7-10,21H,2-4,6,11-17H2,1H3,(H,25,29)(H,26,30). The number of nitrogens with one attached hydrogen (secondary N) is 2. The van der Waals surface area contributed by atoms with Gasteiger partial charge in [-0.05, 0) is 56.8 Å². The summed E-state index contributed by atoms with van der Waals surface area (Å²) in [6.45, 7) is 4.38. The zero-order valence-electron chi connectivity index (χ0n) is 17.8. The number of benzene rings is 1. The van der Waals surface area contributed by atoms with E-state index in [9.17, 15) is 14.0 Å². The van der Waals surface area contributed by atoms with Gasteiger partial charge in [0, 0.05) is 39.3 Å². The fourth-order valence-corrected chi connectivity index (χ4v) is 4.09. The lowest BCUT2D eigenvalue weighted by Crippen LogP contribution is -2.49. The Morgan fingerprint density at radius 2 is 1.73 bits per heavy atom. The summed E-state index contributed by atoms with van der Waals surface area (Å²) in [5, 5.41) is 5.50. The van der Waals surface area contributed by atoms with E-state index in [1.807, 2.05) is 0 Å². The minimum Gasteiger partial charge on any atom is -0.348 e. The van der Waals surface area contributed by atoms with Crippen molar-refractivity contribution in [1.29, 1.82) is 0 Å². The van der Waals surface area contributed by atoms with Crippen LogP contribution in [0.15, 0.2) is 35.9 Å². The largest absolute Gasteiger partial charge is 0.348 e. The number of amides is 2. The van der Waals surface area contributed by atoms with Gasteiger partial charge in [0.2, 0.25) is 0 Å². The van der Waals surface area contributed by atoms with Crippen LogP contribution in [0.2, 0.25) is 0 Å². The van der Waals surface area contributed by atoms with Gasteiger partial charge in [0.1, 0.15) is 5.82 Å². The molecule has 2 amide bonds. The van der Waals surface area contributed by atoms with Crippen LogP contribution in [0, 0.1) is 5.82 Å². The van der Waals surface area contributed by atoms with Crippen LogP contribution in [0.25, 0.3) is 0 Å². The average Bonchev–Trinajstić information content (AvgIpc) is 2.76. The molecule has 0 saturated carbocycles. The molecule has 1 unspecified atom stereocenters. The molecule has 1 fully saturated rings. The minimum atomic E-state index is -0.617. The van der Waals surface area contributed by atoms with Gasteiger partial charge in [0.15, 0.2) is 0 Å². The Balaban J connectivity index is 1.52. The third-order valence-corrected chi connectivity index (χ3v) is 6.01. The van der Waals surface area contributed by atoms with Crippen molar-refractivity contribution in [3.63, 3.8) is 0 Å². The van der Waals surface area contributed by atoms with Crippen LogP contribution in [0.1, 0.15) is 43.7 Å². The van der Waals surface area contributed by atoms with Crippen molar-refractivity contribution in [3.05, 3.63) is 47.3 Å². The van der Waals surface area contributed by atoms with Crippen LogP contribution >= 0.6 is 0 Å². The fourth-order valence-electron chi connectivity index (χ4n) is 4.09.